The van der Waals surface area contributed by atoms with Crippen LogP contribution >= 0.6 is 0 Å². The summed E-state index contributed by atoms with van der Waals surface area (Å²) in [6.45, 7) is 7.81. The number of nitrogens with zero attached hydrogens (tertiary/aromatic N) is 2. The second-order valence-electron chi connectivity index (χ2n) is 5.25. The van der Waals surface area contributed by atoms with E-state index in [1.807, 2.05) is 43.7 Å². The zero-order valence-corrected chi connectivity index (χ0v) is 14.2. The minimum Gasteiger partial charge on any atom is -0.493 e. The minimum absolute atomic E-state index is 0.0883. The van der Waals surface area contributed by atoms with Crippen molar-refractivity contribution >= 4 is 5.69 Å². The predicted octanol–water partition coefficient (Wildman–Crippen LogP) is 2.51. The van der Waals surface area contributed by atoms with Gasteiger partial charge in [0.15, 0.2) is 11.5 Å². The quantitative estimate of drug-likeness (QED) is 0.782. The molecule has 1 aromatic carbocycles. The van der Waals surface area contributed by atoms with Crippen LogP contribution < -0.4 is 14.8 Å². The number of benzene rings is 1. The van der Waals surface area contributed by atoms with Crippen molar-refractivity contribution in [3.63, 3.8) is 0 Å². The van der Waals surface area contributed by atoms with Crippen molar-refractivity contribution in [3.8, 4) is 11.5 Å². The molecule has 2 N–H and O–H groups in total. The molecule has 0 aliphatic heterocycles. The van der Waals surface area contributed by atoms with Gasteiger partial charge in [0.1, 0.15) is 0 Å². The molecule has 0 aliphatic rings. The molecular formula is C17H25N3O3. The molecule has 1 aromatic heterocycles. The van der Waals surface area contributed by atoms with Crippen LogP contribution in [-0.4, -0.2) is 35.2 Å². The van der Waals surface area contributed by atoms with Gasteiger partial charge in [0, 0.05) is 29.6 Å². The van der Waals surface area contributed by atoms with Gasteiger partial charge < -0.3 is 19.9 Å². The summed E-state index contributed by atoms with van der Waals surface area (Å²) in [4.78, 5) is 0. The van der Waals surface area contributed by atoms with Gasteiger partial charge in [-0.1, -0.05) is 0 Å². The number of anilines is 1. The van der Waals surface area contributed by atoms with Crippen LogP contribution in [0.15, 0.2) is 18.2 Å². The van der Waals surface area contributed by atoms with E-state index in [2.05, 4.69) is 10.4 Å². The van der Waals surface area contributed by atoms with Crippen molar-refractivity contribution in [3.05, 3.63) is 35.2 Å². The van der Waals surface area contributed by atoms with Crippen LogP contribution in [0, 0.1) is 13.8 Å². The average molecular weight is 319 g/mol. The van der Waals surface area contributed by atoms with Gasteiger partial charge in [-0.25, -0.2) is 0 Å². The topological polar surface area (TPSA) is 68.5 Å². The monoisotopic (exact) mass is 319 g/mol. The van der Waals surface area contributed by atoms with E-state index >= 15 is 0 Å². The molecule has 23 heavy (non-hydrogen) atoms. The number of aliphatic hydroxyl groups is 1. The van der Waals surface area contributed by atoms with E-state index in [4.69, 9.17) is 14.6 Å². The third kappa shape index (κ3) is 3.96. The first kappa shape index (κ1) is 17.1. The fraction of sp³-hybridized carbons (Fsp3) is 0.471. The first-order valence-electron chi connectivity index (χ1n) is 7.79. The van der Waals surface area contributed by atoms with Crippen LogP contribution in [0.2, 0.25) is 0 Å². The highest BCUT2D eigenvalue weighted by Crippen LogP contribution is 2.30. The maximum Gasteiger partial charge on any atom is 0.163 e. The van der Waals surface area contributed by atoms with Gasteiger partial charge in [-0.15, -0.1) is 0 Å². The maximum absolute atomic E-state index is 9.08. The lowest BCUT2D eigenvalue weighted by Gasteiger charge is -2.12. The number of nitrogens with one attached hydrogen (secondary N) is 1. The van der Waals surface area contributed by atoms with Crippen molar-refractivity contribution in [2.45, 2.75) is 33.9 Å². The summed E-state index contributed by atoms with van der Waals surface area (Å²) >= 11 is 0. The highest BCUT2D eigenvalue weighted by Gasteiger charge is 2.11. The Morgan fingerprint density at radius 3 is 2.70 bits per heavy atom. The molecule has 6 nitrogen and oxygen atoms in total. The Bertz CT molecular complexity index is 653. The second kappa shape index (κ2) is 7.87. The molecule has 0 amide bonds. The molecule has 0 saturated heterocycles. The van der Waals surface area contributed by atoms with Gasteiger partial charge in [0.25, 0.3) is 0 Å². The van der Waals surface area contributed by atoms with Crippen LogP contribution in [0.5, 0.6) is 11.5 Å². The predicted molar refractivity (Wildman–Crippen MR) is 90.3 cm³/mol. The number of methoxy groups -OCH3 is 1. The number of hydrogen-bond donors (Lipinski definition) is 2. The minimum atomic E-state index is 0.0883. The van der Waals surface area contributed by atoms with Crippen molar-refractivity contribution in [2.24, 2.45) is 0 Å². The molecule has 126 valence electrons. The molecule has 0 radical (unpaired) electrons. The Balaban J connectivity index is 2.13. The molecule has 0 bridgehead atoms. The molecule has 0 saturated carbocycles. The molecule has 0 unspecified atom stereocenters. The van der Waals surface area contributed by atoms with Gasteiger partial charge in [-0.2, -0.15) is 5.10 Å². The van der Waals surface area contributed by atoms with Gasteiger partial charge in [0.2, 0.25) is 0 Å². The Morgan fingerprint density at radius 2 is 2.04 bits per heavy atom. The summed E-state index contributed by atoms with van der Waals surface area (Å²) in [5.74, 6) is 1.45. The fourth-order valence-electron chi connectivity index (χ4n) is 2.55. The fourth-order valence-corrected chi connectivity index (χ4v) is 2.55. The van der Waals surface area contributed by atoms with E-state index in [0.717, 1.165) is 34.1 Å². The Kier molecular flexibility index (Phi) is 5.87. The van der Waals surface area contributed by atoms with E-state index in [-0.39, 0.29) is 6.61 Å². The molecule has 2 aromatic rings. The number of aromatic nitrogens is 2. The van der Waals surface area contributed by atoms with Crippen molar-refractivity contribution in [1.29, 1.82) is 0 Å². The normalized spacial score (nSPS) is 10.7. The summed E-state index contributed by atoms with van der Waals surface area (Å²) in [7, 11) is 1.63. The third-order valence-electron chi connectivity index (χ3n) is 3.78. The standard InChI is InChI=1S/C17H25N3O3/c1-5-23-17-10-14(6-7-16(17)22-4)18-11-15-12(2)19-20(8-9-21)13(15)3/h6-7,10,18,21H,5,8-9,11H2,1-4H3. The molecule has 0 fully saturated rings. The van der Waals surface area contributed by atoms with Gasteiger partial charge in [-0.05, 0) is 32.9 Å². The highest BCUT2D eigenvalue weighted by atomic mass is 16.5. The lowest BCUT2D eigenvalue weighted by molar-refractivity contribution is 0.268. The van der Waals surface area contributed by atoms with Crippen LogP contribution in [0.1, 0.15) is 23.9 Å². The van der Waals surface area contributed by atoms with Crippen molar-refractivity contribution < 1.29 is 14.6 Å². The van der Waals surface area contributed by atoms with Gasteiger partial charge in [0.05, 0.1) is 32.6 Å². The van der Waals surface area contributed by atoms with E-state index in [9.17, 15) is 0 Å². The summed E-state index contributed by atoms with van der Waals surface area (Å²) in [5, 5.41) is 16.9. The molecule has 0 spiro atoms. The van der Waals surface area contributed by atoms with Gasteiger partial charge in [-0.3, -0.25) is 4.68 Å². The molecule has 1 heterocycles. The summed E-state index contributed by atoms with van der Waals surface area (Å²) in [6, 6.07) is 5.79. The zero-order valence-electron chi connectivity index (χ0n) is 14.2. The molecule has 0 aliphatic carbocycles. The maximum atomic E-state index is 9.08. The SMILES string of the molecule is CCOc1cc(NCc2c(C)nn(CCO)c2C)ccc1OC. The van der Waals surface area contributed by atoms with Gasteiger partial charge >= 0.3 is 0 Å². The Morgan fingerprint density at radius 1 is 1.26 bits per heavy atom. The van der Waals surface area contributed by atoms with E-state index in [1.165, 1.54) is 0 Å². The number of hydrogen-bond acceptors (Lipinski definition) is 5. The van der Waals surface area contributed by atoms with E-state index in [1.54, 1.807) is 7.11 Å². The first-order chi connectivity index (χ1) is 11.1. The second-order valence-corrected chi connectivity index (χ2v) is 5.25. The van der Waals surface area contributed by atoms with Crippen molar-refractivity contribution in [2.75, 3.05) is 25.6 Å². The summed E-state index contributed by atoms with van der Waals surface area (Å²) in [6.07, 6.45) is 0. The molecule has 0 atom stereocenters. The highest BCUT2D eigenvalue weighted by molar-refractivity contribution is 5.55. The number of aryl methyl sites for hydroxylation is 1. The Hall–Kier alpha value is -2.21. The smallest absolute Gasteiger partial charge is 0.163 e. The lowest BCUT2D eigenvalue weighted by atomic mass is 10.2. The number of aliphatic hydroxyl groups excluding tert-OH is 1. The average Bonchev–Trinajstić information content (AvgIpc) is 2.80. The zero-order chi connectivity index (χ0) is 16.8. The summed E-state index contributed by atoms with van der Waals surface area (Å²) < 4.78 is 12.7. The van der Waals surface area contributed by atoms with Crippen LogP contribution in [0.25, 0.3) is 0 Å². The molecule has 2 rings (SSSR count). The van der Waals surface area contributed by atoms with E-state index < -0.39 is 0 Å². The number of ether oxygens (including phenoxy) is 2. The van der Waals surface area contributed by atoms with Crippen molar-refractivity contribution in [1.82, 2.24) is 9.78 Å². The van der Waals surface area contributed by atoms with Crippen LogP contribution in [0.4, 0.5) is 5.69 Å². The van der Waals surface area contributed by atoms with E-state index in [0.29, 0.717) is 19.7 Å². The largest absolute Gasteiger partial charge is 0.493 e. The molecular weight excluding hydrogens is 294 g/mol. The molecule has 6 heteroatoms. The summed E-state index contributed by atoms with van der Waals surface area (Å²) in [5.41, 5.74) is 4.15. The third-order valence-corrected chi connectivity index (χ3v) is 3.78. The van der Waals surface area contributed by atoms with Crippen LogP contribution in [-0.2, 0) is 13.1 Å². The van der Waals surface area contributed by atoms with Crippen LogP contribution in [0.3, 0.4) is 0 Å². The Labute approximate surface area is 137 Å². The first-order valence-corrected chi connectivity index (χ1v) is 7.79. The lowest BCUT2D eigenvalue weighted by Crippen LogP contribution is -2.07. The number of rotatable bonds is 8.